The third-order valence-electron chi connectivity index (χ3n) is 1.50. The van der Waals surface area contributed by atoms with Gasteiger partial charge in [0.1, 0.15) is 5.69 Å². The van der Waals surface area contributed by atoms with Crippen molar-refractivity contribution in [1.29, 1.82) is 0 Å². The quantitative estimate of drug-likeness (QED) is 0.717. The highest BCUT2D eigenvalue weighted by atomic mass is 16.2. The van der Waals surface area contributed by atoms with Crippen molar-refractivity contribution in [3.05, 3.63) is 11.9 Å². The molecule has 0 atom stereocenters. The molecule has 2 amide bonds. The van der Waals surface area contributed by atoms with E-state index in [-0.39, 0.29) is 12.1 Å². The van der Waals surface area contributed by atoms with E-state index in [1.807, 2.05) is 13.8 Å². The number of aromatic nitrogens is 3. The van der Waals surface area contributed by atoms with Gasteiger partial charge in [0.05, 0.1) is 6.54 Å². The van der Waals surface area contributed by atoms with Crippen LogP contribution in [0.2, 0.25) is 0 Å². The number of carbonyl (C=O) groups is 1. The molecule has 0 unspecified atom stereocenters. The largest absolute Gasteiger partial charge is 0.336 e. The molecule has 0 aliphatic carbocycles. The van der Waals surface area contributed by atoms with Crippen LogP contribution in [0.5, 0.6) is 0 Å². The van der Waals surface area contributed by atoms with Crippen LogP contribution in [0.3, 0.4) is 0 Å². The monoisotopic (exact) mass is 197 g/mol. The fourth-order valence-electron chi connectivity index (χ4n) is 0.960. The Morgan fingerprint density at radius 2 is 2.36 bits per heavy atom. The Labute approximate surface area is 82.7 Å². The molecule has 1 heterocycles. The van der Waals surface area contributed by atoms with Crippen LogP contribution in [-0.4, -0.2) is 27.1 Å². The minimum atomic E-state index is -0.189. The number of nitrogens with zero attached hydrogens (tertiary/aromatic N) is 3. The van der Waals surface area contributed by atoms with Gasteiger partial charge in [0.25, 0.3) is 0 Å². The van der Waals surface area contributed by atoms with E-state index in [0.717, 1.165) is 5.69 Å². The van der Waals surface area contributed by atoms with Gasteiger partial charge in [-0.25, -0.2) is 4.79 Å². The van der Waals surface area contributed by atoms with Gasteiger partial charge in [-0.05, 0) is 13.8 Å². The zero-order valence-corrected chi connectivity index (χ0v) is 8.61. The Kier molecular flexibility index (Phi) is 3.44. The van der Waals surface area contributed by atoms with Gasteiger partial charge in [-0.2, -0.15) is 0 Å². The average Bonchev–Trinajstić information content (AvgIpc) is 2.47. The van der Waals surface area contributed by atoms with E-state index in [9.17, 15) is 4.79 Å². The molecule has 0 aliphatic heterocycles. The molecular formula is C8H15N5O. The smallest absolute Gasteiger partial charge is 0.315 e. The number of carbonyl (C=O) groups excluding carboxylic acids is 1. The van der Waals surface area contributed by atoms with Crippen molar-refractivity contribution in [2.24, 2.45) is 7.05 Å². The van der Waals surface area contributed by atoms with Crippen LogP contribution >= 0.6 is 0 Å². The highest BCUT2D eigenvalue weighted by Gasteiger charge is 2.03. The van der Waals surface area contributed by atoms with Crippen LogP contribution in [0.4, 0.5) is 4.79 Å². The highest BCUT2D eigenvalue weighted by Crippen LogP contribution is 1.89. The van der Waals surface area contributed by atoms with Gasteiger partial charge in [0, 0.05) is 19.3 Å². The predicted octanol–water partition coefficient (Wildman–Crippen LogP) is 0.0227. The molecule has 0 saturated carbocycles. The minimum Gasteiger partial charge on any atom is -0.336 e. The topological polar surface area (TPSA) is 71.8 Å². The van der Waals surface area contributed by atoms with Crippen LogP contribution in [0, 0.1) is 0 Å². The van der Waals surface area contributed by atoms with Crippen molar-refractivity contribution in [2.45, 2.75) is 26.4 Å². The second-order valence-corrected chi connectivity index (χ2v) is 3.37. The molecule has 0 aromatic carbocycles. The molecule has 0 radical (unpaired) electrons. The zero-order valence-electron chi connectivity index (χ0n) is 8.61. The van der Waals surface area contributed by atoms with Crippen LogP contribution in [0.1, 0.15) is 19.5 Å². The van der Waals surface area contributed by atoms with Crippen molar-refractivity contribution in [2.75, 3.05) is 0 Å². The van der Waals surface area contributed by atoms with Crippen molar-refractivity contribution < 1.29 is 4.79 Å². The lowest BCUT2D eigenvalue weighted by Crippen LogP contribution is -2.39. The number of nitrogens with one attached hydrogen (secondary N) is 2. The standard InChI is InChI=1S/C8H15N5O/c1-6(2)10-8(14)9-4-7-5-13(3)12-11-7/h5-6H,4H2,1-3H3,(H2,9,10,14). The first kappa shape index (κ1) is 10.5. The summed E-state index contributed by atoms with van der Waals surface area (Å²) in [5.74, 6) is 0. The summed E-state index contributed by atoms with van der Waals surface area (Å²) >= 11 is 0. The molecule has 1 aromatic rings. The first-order valence-electron chi connectivity index (χ1n) is 4.47. The predicted molar refractivity (Wildman–Crippen MR) is 51.5 cm³/mol. The molecule has 0 spiro atoms. The van der Waals surface area contributed by atoms with E-state index in [0.29, 0.717) is 6.54 Å². The number of amides is 2. The van der Waals surface area contributed by atoms with Gasteiger partial charge in [-0.3, -0.25) is 4.68 Å². The summed E-state index contributed by atoms with van der Waals surface area (Å²) in [6.45, 7) is 4.20. The maximum Gasteiger partial charge on any atom is 0.315 e. The van der Waals surface area contributed by atoms with Gasteiger partial charge >= 0.3 is 6.03 Å². The van der Waals surface area contributed by atoms with Crippen molar-refractivity contribution in [1.82, 2.24) is 25.6 Å². The summed E-state index contributed by atoms with van der Waals surface area (Å²) in [5, 5.41) is 13.0. The number of rotatable bonds is 3. The molecule has 1 aromatic heterocycles. The molecule has 6 heteroatoms. The van der Waals surface area contributed by atoms with E-state index in [4.69, 9.17) is 0 Å². The van der Waals surface area contributed by atoms with Crippen LogP contribution < -0.4 is 10.6 Å². The zero-order chi connectivity index (χ0) is 10.6. The summed E-state index contributed by atoms with van der Waals surface area (Å²) in [7, 11) is 1.78. The van der Waals surface area contributed by atoms with E-state index in [1.165, 1.54) is 0 Å². The average molecular weight is 197 g/mol. The Balaban J connectivity index is 2.30. The molecule has 0 saturated heterocycles. The molecule has 1 rings (SSSR count). The molecule has 2 N–H and O–H groups in total. The normalized spacial score (nSPS) is 10.3. The maximum atomic E-state index is 11.2. The van der Waals surface area contributed by atoms with E-state index in [1.54, 1.807) is 17.9 Å². The summed E-state index contributed by atoms with van der Waals surface area (Å²) < 4.78 is 1.59. The number of urea groups is 1. The number of hydrogen-bond acceptors (Lipinski definition) is 3. The Hall–Kier alpha value is -1.59. The van der Waals surface area contributed by atoms with Crippen molar-refractivity contribution in [3.63, 3.8) is 0 Å². The van der Waals surface area contributed by atoms with Gasteiger partial charge < -0.3 is 10.6 Å². The van der Waals surface area contributed by atoms with E-state index in [2.05, 4.69) is 20.9 Å². The van der Waals surface area contributed by atoms with Crippen LogP contribution in [-0.2, 0) is 13.6 Å². The van der Waals surface area contributed by atoms with Crippen molar-refractivity contribution in [3.8, 4) is 0 Å². The molecule has 14 heavy (non-hydrogen) atoms. The highest BCUT2D eigenvalue weighted by molar-refractivity contribution is 5.73. The van der Waals surface area contributed by atoms with Crippen molar-refractivity contribution >= 4 is 6.03 Å². The maximum absolute atomic E-state index is 11.2. The van der Waals surface area contributed by atoms with Gasteiger partial charge in [0.15, 0.2) is 0 Å². The van der Waals surface area contributed by atoms with Crippen LogP contribution in [0.25, 0.3) is 0 Å². The second-order valence-electron chi connectivity index (χ2n) is 3.37. The van der Waals surface area contributed by atoms with E-state index >= 15 is 0 Å². The Morgan fingerprint density at radius 1 is 1.64 bits per heavy atom. The Morgan fingerprint density at radius 3 is 2.86 bits per heavy atom. The van der Waals surface area contributed by atoms with Crippen LogP contribution in [0.15, 0.2) is 6.20 Å². The lowest BCUT2D eigenvalue weighted by atomic mass is 10.4. The third-order valence-corrected chi connectivity index (χ3v) is 1.50. The molecule has 0 aliphatic rings. The fourth-order valence-corrected chi connectivity index (χ4v) is 0.960. The lowest BCUT2D eigenvalue weighted by Gasteiger charge is -2.08. The second kappa shape index (κ2) is 4.59. The SMILES string of the molecule is CC(C)NC(=O)NCc1cn(C)nn1. The van der Waals surface area contributed by atoms with Gasteiger partial charge in [-0.1, -0.05) is 5.21 Å². The fraction of sp³-hybridized carbons (Fsp3) is 0.625. The summed E-state index contributed by atoms with van der Waals surface area (Å²) in [4.78, 5) is 11.2. The molecular weight excluding hydrogens is 182 g/mol. The summed E-state index contributed by atoms with van der Waals surface area (Å²) in [6.07, 6.45) is 1.76. The third kappa shape index (κ3) is 3.42. The van der Waals surface area contributed by atoms with Gasteiger partial charge in [0.2, 0.25) is 0 Å². The molecule has 0 fully saturated rings. The molecule has 0 bridgehead atoms. The lowest BCUT2D eigenvalue weighted by molar-refractivity contribution is 0.238. The van der Waals surface area contributed by atoms with Gasteiger partial charge in [-0.15, -0.1) is 5.10 Å². The molecule has 6 nitrogen and oxygen atoms in total. The first-order valence-corrected chi connectivity index (χ1v) is 4.47. The summed E-state index contributed by atoms with van der Waals surface area (Å²) in [5.41, 5.74) is 0.742. The summed E-state index contributed by atoms with van der Waals surface area (Å²) in [6, 6.07) is -0.0532. The van der Waals surface area contributed by atoms with E-state index < -0.39 is 0 Å². The first-order chi connectivity index (χ1) is 6.58. The number of aryl methyl sites for hydroxylation is 1. The minimum absolute atomic E-state index is 0.136. The molecule has 78 valence electrons. The number of hydrogen-bond donors (Lipinski definition) is 2. The Bertz CT molecular complexity index is 306.